The molecule has 2 N–H and O–H groups in total. The summed E-state index contributed by atoms with van der Waals surface area (Å²) in [7, 11) is 1.38. The van der Waals surface area contributed by atoms with E-state index in [1.807, 2.05) is 0 Å². The minimum absolute atomic E-state index is 0.0179. The molecule has 0 aromatic rings. The maximum atomic E-state index is 12.0. The SMILES string of the molecule is COC(=O)CCCNC(=O)C1NCC2CCCC21. The number of rotatable bonds is 5. The molecule has 0 radical (unpaired) electrons. The van der Waals surface area contributed by atoms with E-state index in [1.54, 1.807) is 0 Å². The topological polar surface area (TPSA) is 67.4 Å². The van der Waals surface area contributed by atoms with E-state index in [-0.39, 0.29) is 17.9 Å². The van der Waals surface area contributed by atoms with Crippen LogP contribution in [0.25, 0.3) is 0 Å². The van der Waals surface area contributed by atoms with Crippen LogP contribution in [0.1, 0.15) is 32.1 Å². The lowest BCUT2D eigenvalue weighted by atomic mass is 9.93. The molecule has 3 unspecified atom stereocenters. The summed E-state index contributed by atoms with van der Waals surface area (Å²) in [4.78, 5) is 22.9. The van der Waals surface area contributed by atoms with E-state index < -0.39 is 0 Å². The summed E-state index contributed by atoms with van der Waals surface area (Å²) < 4.78 is 4.55. The molecule has 1 amide bonds. The van der Waals surface area contributed by atoms with Crippen molar-refractivity contribution in [1.29, 1.82) is 0 Å². The number of carbonyl (C=O) groups excluding carboxylic acids is 2. The van der Waals surface area contributed by atoms with Crippen LogP contribution < -0.4 is 10.6 Å². The molecule has 1 aliphatic carbocycles. The lowest BCUT2D eigenvalue weighted by Gasteiger charge is -2.17. The monoisotopic (exact) mass is 254 g/mol. The second-order valence-electron chi connectivity index (χ2n) is 5.21. The Hall–Kier alpha value is -1.10. The van der Waals surface area contributed by atoms with Crippen molar-refractivity contribution in [3.8, 4) is 0 Å². The summed E-state index contributed by atoms with van der Waals surface area (Å²) in [6.07, 6.45) is 4.67. The van der Waals surface area contributed by atoms with Crippen molar-refractivity contribution >= 4 is 11.9 Å². The maximum absolute atomic E-state index is 12.0. The standard InChI is InChI=1S/C13H22N2O3/c1-18-11(16)6-3-7-14-13(17)12-10-5-2-4-9(10)8-15-12/h9-10,12,15H,2-8H2,1H3,(H,14,17). The lowest BCUT2D eigenvalue weighted by Crippen LogP contribution is -2.44. The molecule has 102 valence electrons. The van der Waals surface area contributed by atoms with Gasteiger partial charge in [0.05, 0.1) is 13.2 Å². The highest BCUT2D eigenvalue weighted by atomic mass is 16.5. The Morgan fingerprint density at radius 3 is 3.00 bits per heavy atom. The molecule has 0 spiro atoms. The zero-order chi connectivity index (χ0) is 13.0. The van der Waals surface area contributed by atoms with Crippen LogP contribution in [0.3, 0.4) is 0 Å². The van der Waals surface area contributed by atoms with Crippen LogP contribution in [0, 0.1) is 11.8 Å². The predicted octanol–water partition coefficient (Wildman–Crippen LogP) is 0.444. The van der Waals surface area contributed by atoms with E-state index in [9.17, 15) is 9.59 Å². The largest absolute Gasteiger partial charge is 0.469 e. The van der Waals surface area contributed by atoms with Crippen LogP contribution in [0.15, 0.2) is 0 Å². The Morgan fingerprint density at radius 2 is 2.22 bits per heavy atom. The van der Waals surface area contributed by atoms with Gasteiger partial charge in [0.2, 0.25) is 5.91 Å². The van der Waals surface area contributed by atoms with E-state index in [4.69, 9.17) is 0 Å². The first-order valence-electron chi connectivity index (χ1n) is 6.80. The van der Waals surface area contributed by atoms with Gasteiger partial charge in [-0.1, -0.05) is 6.42 Å². The fourth-order valence-electron chi connectivity index (χ4n) is 3.13. The zero-order valence-electron chi connectivity index (χ0n) is 10.9. The van der Waals surface area contributed by atoms with Gasteiger partial charge in [0.1, 0.15) is 0 Å². The molecule has 2 aliphatic rings. The average Bonchev–Trinajstić information content (AvgIpc) is 2.95. The summed E-state index contributed by atoms with van der Waals surface area (Å²) >= 11 is 0. The van der Waals surface area contributed by atoms with Gasteiger partial charge in [-0.25, -0.2) is 0 Å². The fourth-order valence-corrected chi connectivity index (χ4v) is 3.13. The number of hydrogen-bond acceptors (Lipinski definition) is 4. The Morgan fingerprint density at radius 1 is 1.39 bits per heavy atom. The summed E-state index contributed by atoms with van der Waals surface area (Å²) in [6, 6.07) is -0.0179. The first-order valence-corrected chi connectivity index (χ1v) is 6.80. The van der Waals surface area contributed by atoms with Crippen LogP contribution in [-0.2, 0) is 14.3 Å². The fraction of sp³-hybridized carbons (Fsp3) is 0.846. The normalized spacial score (nSPS) is 29.9. The van der Waals surface area contributed by atoms with E-state index in [2.05, 4.69) is 15.4 Å². The molecule has 0 bridgehead atoms. The van der Waals surface area contributed by atoms with Crippen molar-refractivity contribution < 1.29 is 14.3 Å². The molecule has 3 atom stereocenters. The van der Waals surface area contributed by atoms with Crippen LogP contribution in [0.4, 0.5) is 0 Å². The maximum Gasteiger partial charge on any atom is 0.305 e. The van der Waals surface area contributed by atoms with Gasteiger partial charge in [-0.3, -0.25) is 9.59 Å². The molecule has 0 aromatic heterocycles. The molecule has 2 rings (SSSR count). The Labute approximate surface area is 108 Å². The van der Waals surface area contributed by atoms with Crippen molar-refractivity contribution in [2.75, 3.05) is 20.2 Å². The van der Waals surface area contributed by atoms with Gasteiger partial charge < -0.3 is 15.4 Å². The number of nitrogens with one attached hydrogen (secondary N) is 2. The third-order valence-electron chi connectivity index (χ3n) is 4.11. The van der Waals surface area contributed by atoms with Gasteiger partial charge in [0.15, 0.2) is 0 Å². The van der Waals surface area contributed by atoms with Crippen molar-refractivity contribution in [1.82, 2.24) is 10.6 Å². The molecular weight excluding hydrogens is 232 g/mol. The number of hydrogen-bond donors (Lipinski definition) is 2. The van der Waals surface area contributed by atoms with Crippen LogP contribution >= 0.6 is 0 Å². The molecule has 5 nitrogen and oxygen atoms in total. The van der Waals surface area contributed by atoms with E-state index in [0.29, 0.717) is 31.2 Å². The highest BCUT2D eigenvalue weighted by molar-refractivity contribution is 5.82. The third-order valence-corrected chi connectivity index (χ3v) is 4.11. The molecule has 18 heavy (non-hydrogen) atoms. The molecule has 5 heteroatoms. The molecule has 1 saturated heterocycles. The third kappa shape index (κ3) is 3.02. The average molecular weight is 254 g/mol. The van der Waals surface area contributed by atoms with E-state index in [1.165, 1.54) is 20.0 Å². The number of fused-ring (bicyclic) bond motifs is 1. The zero-order valence-corrected chi connectivity index (χ0v) is 10.9. The minimum atomic E-state index is -0.223. The van der Waals surface area contributed by atoms with Crippen molar-refractivity contribution in [2.24, 2.45) is 11.8 Å². The van der Waals surface area contributed by atoms with Crippen LogP contribution in [0.5, 0.6) is 0 Å². The Bertz CT molecular complexity index is 319. The highest BCUT2D eigenvalue weighted by Crippen LogP contribution is 2.37. The number of ether oxygens (including phenoxy) is 1. The van der Waals surface area contributed by atoms with Crippen molar-refractivity contribution in [2.45, 2.75) is 38.1 Å². The van der Waals surface area contributed by atoms with Gasteiger partial charge >= 0.3 is 5.97 Å². The van der Waals surface area contributed by atoms with E-state index >= 15 is 0 Å². The minimum Gasteiger partial charge on any atom is -0.469 e. The predicted molar refractivity (Wildman–Crippen MR) is 66.9 cm³/mol. The summed E-state index contributed by atoms with van der Waals surface area (Å²) in [5.74, 6) is 1.08. The van der Waals surface area contributed by atoms with Gasteiger partial charge in [-0.2, -0.15) is 0 Å². The molecule has 0 aromatic carbocycles. The van der Waals surface area contributed by atoms with Gasteiger partial charge in [0.25, 0.3) is 0 Å². The molecular formula is C13H22N2O3. The lowest BCUT2D eigenvalue weighted by molar-refractivity contribution is -0.140. The summed E-state index contributed by atoms with van der Waals surface area (Å²) in [5.41, 5.74) is 0. The molecule has 1 aliphatic heterocycles. The number of amides is 1. The highest BCUT2D eigenvalue weighted by Gasteiger charge is 2.42. The summed E-state index contributed by atoms with van der Waals surface area (Å²) in [5, 5.41) is 6.22. The second kappa shape index (κ2) is 6.18. The summed E-state index contributed by atoms with van der Waals surface area (Å²) in [6.45, 7) is 1.52. The smallest absolute Gasteiger partial charge is 0.305 e. The van der Waals surface area contributed by atoms with Crippen LogP contribution in [-0.4, -0.2) is 38.1 Å². The first kappa shape index (κ1) is 13.3. The molecule has 1 heterocycles. The van der Waals surface area contributed by atoms with Crippen molar-refractivity contribution in [3.05, 3.63) is 0 Å². The quantitative estimate of drug-likeness (QED) is 0.552. The van der Waals surface area contributed by atoms with Crippen LogP contribution in [0.2, 0.25) is 0 Å². The Balaban J connectivity index is 1.67. The van der Waals surface area contributed by atoms with Crippen molar-refractivity contribution in [3.63, 3.8) is 0 Å². The van der Waals surface area contributed by atoms with Gasteiger partial charge in [0, 0.05) is 13.0 Å². The molecule has 1 saturated carbocycles. The molecule has 2 fully saturated rings. The number of methoxy groups -OCH3 is 1. The second-order valence-corrected chi connectivity index (χ2v) is 5.21. The van der Waals surface area contributed by atoms with E-state index in [0.717, 1.165) is 13.0 Å². The Kier molecular flexibility index (Phi) is 4.58. The van der Waals surface area contributed by atoms with Gasteiger partial charge in [-0.05, 0) is 37.6 Å². The number of carbonyl (C=O) groups is 2. The number of esters is 1. The first-order chi connectivity index (χ1) is 8.72. The van der Waals surface area contributed by atoms with Gasteiger partial charge in [-0.15, -0.1) is 0 Å².